The highest BCUT2D eigenvalue weighted by molar-refractivity contribution is 6.05. The molecule has 5 aromatic rings. The zero-order chi connectivity index (χ0) is 26.4. The number of hydrogen-bond donors (Lipinski definition) is 2. The van der Waals surface area contributed by atoms with Gasteiger partial charge in [0.05, 0.1) is 19.0 Å². The number of ether oxygens (including phenoxy) is 1. The van der Waals surface area contributed by atoms with Crippen LogP contribution in [0.1, 0.15) is 46.9 Å². The van der Waals surface area contributed by atoms with E-state index < -0.39 is 0 Å². The largest absolute Gasteiger partial charge is 0.497 e. The van der Waals surface area contributed by atoms with Crippen molar-refractivity contribution in [3.8, 4) is 17.0 Å². The molecule has 192 valence electrons. The van der Waals surface area contributed by atoms with Crippen LogP contribution in [0.5, 0.6) is 5.75 Å². The van der Waals surface area contributed by atoms with Crippen LogP contribution in [0.25, 0.3) is 16.9 Å². The molecule has 0 spiro atoms. The Balaban J connectivity index is 1.47. The van der Waals surface area contributed by atoms with Gasteiger partial charge in [0.25, 0.3) is 5.91 Å². The lowest BCUT2D eigenvalue weighted by Gasteiger charge is -2.18. The highest BCUT2D eigenvalue weighted by Crippen LogP contribution is 2.34. The number of nitrogens with zero attached hydrogens (tertiary/aromatic N) is 5. The number of hydrogen-bond acceptors (Lipinski definition) is 6. The van der Waals surface area contributed by atoms with E-state index in [2.05, 4.69) is 20.4 Å². The van der Waals surface area contributed by atoms with Gasteiger partial charge in [-0.15, -0.1) is 0 Å². The number of carbonyl (C=O) groups is 1. The first kappa shape index (κ1) is 23.7. The number of fused-ring (bicyclic) bond motifs is 2. The van der Waals surface area contributed by atoms with Gasteiger partial charge in [-0.3, -0.25) is 9.89 Å². The van der Waals surface area contributed by atoms with E-state index in [0.717, 1.165) is 27.9 Å². The normalized spacial score (nSPS) is 12.8. The molecular formula is C28H26FN7O2. The van der Waals surface area contributed by atoms with Gasteiger partial charge >= 0.3 is 0 Å². The minimum Gasteiger partial charge on any atom is -0.497 e. The van der Waals surface area contributed by atoms with Crippen molar-refractivity contribution in [1.82, 2.24) is 24.8 Å². The summed E-state index contributed by atoms with van der Waals surface area (Å²) in [6.45, 7) is 5.17. The minimum absolute atomic E-state index is 0.0385. The summed E-state index contributed by atoms with van der Waals surface area (Å²) in [6.07, 6.45) is 3.48. The maximum atomic E-state index is 13.9. The average molecular weight is 512 g/mol. The van der Waals surface area contributed by atoms with Gasteiger partial charge < -0.3 is 15.0 Å². The molecule has 0 atom stereocenters. The molecule has 1 aliphatic rings. The molecule has 4 heterocycles. The fraction of sp³-hybridized carbons (Fsp3) is 0.214. The number of rotatable bonds is 6. The van der Waals surface area contributed by atoms with Gasteiger partial charge in [0, 0.05) is 48.2 Å². The van der Waals surface area contributed by atoms with Crippen molar-refractivity contribution < 1.29 is 13.9 Å². The van der Waals surface area contributed by atoms with E-state index in [-0.39, 0.29) is 17.6 Å². The van der Waals surface area contributed by atoms with Crippen molar-refractivity contribution in [3.05, 3.63) is 89.1 Å². The molecule has 0 aliphatic carbocycles. The summed E-state index contributed by atoms with van der Waals surface area (Å²) in [6, 6.07) is 14.0. The third-order valence-corrected chi connectivity index (χ3v) is 6.74. The number of aromatic nitrogens is 5. The standard InChI is InChI=1S/C28H26FN7O2/c1-16(2)25-26(28(37)32-21-5-4-6-22(10-21)38-3)34-36-23(19-12-30-31-13-19)11-24(33-27(25)36)35-14-17-7-8-20(29)9-18(17)15-35/h4-13,16H,14-15H2,1-3H3,(H,30,31)(H,32,37). The topological polar surface area (TPSA) is 100 Å². The average Bonchev–Trinajstić information content (AvgIpc) is 3.66. The van der Waals surface area contributed by atoms with Crippen LogP contribution in [0.15, 0.2) is 60.9 Å². The molecule has 0 radical (unpaired) electrons. The van der Waals surface area contributed by atoms with Crippen LogP contribution >= 0.6 is 0 Å². The summed E-state index contributed by atoms with van der Waals surface area (Å²) in [5.41, 5.74) is 5.77. The van der Waals surface area contributed by atoms with Crippen molar-refractivity contribution >= 4 is 23.1 Å². The summed E-state index contributed by atoms with van der Waals surface area (Å²) in [7, 11) is 1.58. The minimum atomic E-state index is -0.337. The number of amides is 1. The van der Waals surface area contributed by atoms with Gasteiger partial charge in [0.15, 0.2) is 11.3 Å². The number of anilines is 2. The predicted octanol–water partition coefficient (Wildman–Crippen LogP) is 5.16. The molecule has 0 bridgehead atoms. The molecule has 10 heteroatoms. The van der Waals surface area contributed by atoms with Gasteiger partial charge in [0.1, 0.15) is 17.4 Å². The Morgan fingerprint density at radius 2 is 1.97 bits per heavy atom. The van der Waals surface area contributed by atoms with Gasteiger partial charge in [-0.05, 0) is 41.3 Å². The van der Waals surface area contributed by atoms with Crippen LogP contribution in [0, 0.1) is 5.82 Å². The first-order chi connectivity index (χ1) is 18.4. The van der Waals surface area contributed by atoms with Gasteiger partial charge in [0.2, 0.25) is 0 Å². The quantitative estimate of drug-likeness (QED) is 0.327. The molecule has 2 N–H and O–H groups in total. The molecular weight excluding hydrogens is 485 g/mol. The highest BCUT2D eigenvalue weighted by Gasteiger charge is 2.28. The zero-order valence-corrected chi connectivity index (χ0v) is 21.2. The van der Waals surface area contributed by atoms with Crippen molar-refractivity contribution in [2.24, 2.45) is 0 Å². The van der Waals surface area contributed by atoms with Gasteiger partial charge in [-0.1, -0.05) is 26.0 Å². The fourth-order valence-corrected chi connectivity index (χ4v) is 4.90. The lowest BCUT2D eigenvalue weighted by molar-refractivity contribution is 0.102. The number of benzene rings is 2. The molecule has 1 aliphatic heterocycles. The number of halogens is 1. The molecule has 38 heavy (non-hydrogen) atoms. The number of methoxy groups -OCH3 is 1. The van der Waals surface area contributed by atoms with E-state index >= 15 is 0 Å². The summed E-state index contributed by atoms with van der Waals surface area (Å²) in [4.78, 5) is 20.6. The van der Waals surface area contributed by atoms with Crippen molar-refractivity contribution in [2.75, 3.05) is 17.3 Å². The van der Waals surface area contributed by atoms with Crippen LogP contribution in [0.3, 0.4) is 0 Å². The zero-order valence-electron chi connectivity index (χ0n) is 21.2. The summed E-state index contributed by atoms with van der Waals surface area (Å²) < 4.78 is 20.9. The van der Waals surface area contributed by atoms with Crippen molar-refractivity contribution in [3.63, 3.8) is 0 Å². The van der Waals surface area contributed by atoms with Crippen molar-refractivity contribution in [1.29, 1.82) is 0 Å². The smallest absolute Gasteiger partial charge is 0.276 e. The van der Waals surface area contributed by atoms with E-state index in [0.29, 0.717) is 41.7 Å². The Labute approximate surface area is 218 Å². The number of carbonyl (C=O) groups excluding carboxylic acids is 1. The second-order valence-corrected chi connectivity index (χ2v) is 9.59. The molecule has 3 aromatic heterocycles. The summed E-state index contributed by atoms with van der Waals surface area (Å²) >= 11 is 0. The molecule has 1 amide bonds. The van der Waals surface area contributed by atoms with Crippen LogP contribution in [-0.4, -0.2) is 37.8 Å². The predicted molar refractivity (Wildman–Crippen MR) is 142 cm³/mol. The monoisotopic (exact) mass is 511 g/mol. The molecule has 0 unspecified atom stereocenters. The molecule has 9 nitrogen and oxygen atoms in total. The van der Waals surface area contributed by atoms with Crippen LogP contribution in [-0.2, 0) is 13.1 Å². The lowest BCUT2D eigenvalue weighted by Crippen LogP contribution is -2.17. The fourth-order valence-electron chi connectivity index (χ4n) is 4.90. The van der Waals surface area contributed by atoms with Crippen LogP contribution < -0.4 is 15.0 Å². The lowest BCUT2D eigenvalue weighted by atomic mass is 10.0. The van der Waals surface area contributed by atoms with Crippen molar-refractivity contribution in [2.45, 2.75) is 32.9 Å². The Bertz CT molecular complexity index is 1660. The summed E-state index contributed by atoms with van der Waals surface area (Å²) in [5, 5.41) is 14.7. The number of H-pyrrole nitrogens is 1. The number of nitrogens with one attached hydrogen (secondary N) is 2. The maximum absolute atomic E-state index is 13.9. The second kappa shape index (κ2) is 9.29. The molecule has 2 aromatic carbocycles. The molecule has 0 saturated carbocycles. The summed E-state index contributed by atoms with van der Waals surface area (Å²) in [5.74, 6) is 0.728. The Morgan fingerprint density at radius 1 is 1.13 bits per heavy atom. The molecule has 0 saturated heterocycles. The first-order valence-corrected chi connectivity index (χ1v) is 12.3. The Morgan fingerprint density at radius 3 is 2.74 bits per heavy atom. The van der Waals surface area contributed by atoms with Gasteiger partial charge in [-0.25, -0.2) is 13.9 Å². The third-order valence-electron chi connectivity index (χ3n) is 6.74. The second-order valence-electron chi connectivity index (χ2n) is 9.59. The van der Waals surface area contributed by atoms with E-state index in [1.54, 1.807) is 42.2 Å². The maximum Gasteiger partial charge on any atom is 0.276 e. The Hall–Kier alpha value is -4.73. The van der Waals surface area contributed by atoms with E-state index in [9.17, 15) is 9.18 Å². The SMILES string of the molecule is COc1cccc(NC(=O)c2nn3c(-c4cn[nH]c4)cc(N4Cc5ccc(F)cc5C4)nc3c2C(C)C)c1. The van der Waals surface area contributed by atoms with E-state index in [1.165, 1.54) is 6.07 Å². The third kappa shape index (κ3) is 4.13. The van der Waals surface area contributed by atoms with Crippen LogP contribution in [0.4, 0.5) is 15.9 Å². The van der Waals surface area contributed by atoms with Crippen LogP contribution in [0.2, 0.25) is 0 Å². The van der Waals surface area contributed by atoms with Gasteiger partial charge in [-0.2, -0.15) is 10.2 Å². The molecule has 6 rings (SSSR count). The Kier molecular flexibility index (Phi) is 5.79. The molecule has 0 fully saturated rings. The highest BCUT2D eigenvalue weighted by atomic mass is 19.1. The van der Waals surface area contributed by atoms with E-state index in [1.807, 2.05) is 38.1 Å². The first-order valence-electron chi connectivity index (χ1n) is 12.3. The number of aromatic amines is 1. The van der Waals surface area contributed by atoms with E-state index in [4.69, 9.17) is 14.8 Å².